The minimum atomic E-state index is -3.07. The smallest absolute Gasteiger partial charge is 0.266 e. The summed E-state index contributed by atoms with van der Waals surface area (Å²) in [6.45, 7) is 0.0879. The molecule has 0 spiro atoms. The molecule has 0 bridgehead atoms. The minimum Gasteiger partial charge on any atom is -0.352 e. The van der Waals surface area contributed by atoms with Gasteiger partial charge in [-0.25, -0.2) is 12.8 Å². The van der Waals surface area contributed by atoms with Gasteiger partial charge < -0.3 is 5.32 Å². The van der Waals surface area contributed by atoms with Crippen molar-refractivity contribution in [1.29, 1.82) is 0 Å². The van der Waals surface area contributed by atoms with Gasteiger partial charge in [-0.1, -0.05) is 42.2 Å². The molecule has 0 saturated carbocycles. The maximum Gasteiger partial charge on any atom is 0.266 e. The van der Waals surface area contributed by atoms with Crippen molar-refractivity contribution in [3.8, 4) is 0 Å². The van der Waals surface area contributed by atoms with E-state index in [1.54, 1.807) is 18.2 Å². The van der Waals surface area contributed by atoms with Gasteiger partial charge in [-0.05, 0) is 18.6 Å². The molecular formula is C17H17FN2O4S3. The average Bonchev–Trinajstić information content (AvgIpc) is 3.07. The third-order valence-corrected chi connectivity index (χ3v) is 7.37. The number of hydrogen-bond donors (Lipinski definition) is 1. The fourth-order valence-electron chi connectivity index (χ4n) is 2.85. The van der Waals surface area contributed by atoms with Gasteiger partial charge in [0.25, 0.3) is 5.91 Å². The molecule has 1 N–H and O–H groups in total. The van der Waals surface area contributed by atoms with Gasteiger partial charge in [0.05, 0.1) is 16.4 Å². The third-order valence-electron chi connectivity index (χ3n) is 4.23. The predicted octanol–water partition coefficient (Wildman–Crippen LogP) is 1.72. The number of thiocarbonyl (C=S) groups is 1. The van der Waals surface area contributed by atoms with Gasteiger partial charge in [0.2, 0.25) is 5.91 Å². The number of carbonyl (C=O) groups excluding carboxylic acids is 2. The van der Waals surface area contributed by atoms with Crippen LogP contribution < -0.4 is 5.32 Å². The van der Waals surface area contributed by atoms with E-state index < -0.39 is 15.7 Å². The van der Waals surface area contributed by atoms with Crippen LogP contribution in [-0.4, -0.2) is 53.5 Å². The normalized spacial score (nSPS) is 23.2. The van der Waals surface area contributed by atoms with Crippen molar-refractivity contribution in [2.45, 2.75) is 18.9 Å². The average molecular weight is 429 g/mol. The monoisotopic (exact) mass is 428 g/mol. The third kappa shape index (κ3) is 4.94. The van der Waals surface area contributed by atoms with Gasteiger partial charge in [0.1, 0.15) is 10.1 Å². The Morgan fingerprint density at radius 3 is 2.81 bits per heavy atom. The summed E-state index contributed by atoms with van der Waals surface area (Å²) in [5.74, 6) is -1.11. The second-order valence-corrected chi connectivity index (χ2v) is 10.2. The Morgan fingerprint density at radius 2 is 2.15 bits per heavy atom. The van der Waals surface area contributed by atoms with E-state index >= 15 is 0 Å². The summed E-state index contributed by atoms with van der Waals surface area (Å²) < 4.78 is 36.9. The topological polar surface area (TPSA) is 83.6 Å². The van der Waals surface area contributed by atoms with Gasteiger partial charge in [0.15, 0.2) is 9.84 Å². The number of thioether (sulfide) groups is 1. The molecule has 6 nitrogen and oxygen atoms in total. The van der Waals surface area contributed by atoms with Gasteiger partial charge in [-0.15, -0.1) is 0 Å². The first-order valence-electron chi connectivity index (χ1n) is 8.25. The first kappa shape index (κ1) is 20.0. The summed E-state index contributed by atoms with van der Waals surface area (Å²) in [7, 11) is -3.07. The summed E-state index contributed by atoms with van der Waals surface area (Å²) in [5, 5.41) is 2.68. The molecule has 0 aliphatic carbocycles. The standard InChI is InChI=1S/C17H17FN2O4S3/c18-13-4-2-1-3-11(13)9-14-16(22)20(17(25)26-14)7-5-15(21)19-12-6-8-27(23,24)10-12/h1-4,9,12H,5-8,10H2,(H,19,21)/b14-9-/t12-/m0/s1. The lowest BCUT2D eigenvalue weighted by molar-refractivity contribution is -0.124. The van der Waals surface area contributed by atoms with E-state index in [0.29, 0.717) is 15.6 Å². The van der Waals surface area contributed by atoms with E-state index in [1.165, 1.54) is 17.0 Å². The molecule has 1 aromatic carbocycles. The Kier molecular flexibility index (Phi) is 5.97. The van der Waals surface area contributed by atoms with Crippen molar-refractivity contribution < 1.29 is 22.4 Å². The van der Waals surface area contributed by atoms with Gasteiger partial charge in [-0.2, -0.15) is 0 Å². The van der Waals surface area contributed by atoms with Gasteiger partial charge in [-0.3, -0.25) is 14.5 Å². The quantitative estimate of drug-likeness (QED) is 0.568. The molecule has 3 rings (SSSR count). The number of halogens is 1. The SMILES string of the molecule is O=C(CCN1C(=O)/C(=C/c2ccccc2F)SC1=S)N[C@H]1CCS(=O)(=O)C1. The van der Waals surface area contributed by atoms with E-state index in [2.05, 4.69) is 5.32 Å². The molecule has 2 saturated heterocycles. The molecule has 2 aliphatic heterocycles. The van der Waals surface area contributed by atoms with Crippen LogP contribution in [0.3, 0.4) is 0 Å². The first-order valence-corrected chi connectivity index (χ1v) is 11.3. The van der Waals surface area contributed by atoms with Crippen molar-refractivity contribution >= 4 is 56.0 Å². The number of carbonyl (C=O) groups is 2. The van der Waals surface area contributed by atoms with Crippen LogP contribution in [0.2, 0.25) is 0 Å². The van der Waals surface area contributed by atoms with Gasteiger partial charge >= 0.3 is 0 Å². The van der Waals surface area contributed by atoms with Crippen LogP contribution in [0.15, 0.2) is 29.2 Å². The number of nitrogens with zero attached hydrogens (tertiary/aromatic N) is 1. The minimum absolute atomic E-state index is 0.00989. The van der Waals surface area contributed by atoms with Crippen molar-refractivity contribution in [1.82, 2.24) is 10.2 Å². The van der Waals surface area contributed by atoms with Crippen molar-refractivity contribution in [3.05, 3.63) is 40.6 Å². The molecule has 2 fully saturated rings. The fourth-order valence-corrected chi connectivity index (χ4v) is 5.82. The number of sulfone groups is 1. The van der Waals surface area contributed by atoms with Gasteiger partial charge in [0, 0.05) is 24.6 Å². The van der Waals surface area contributed by atoms with Crippen LogP contribution in [0.5, 0.6) is 0 Å². The molecular weight excluding hydrogens is 411 g/mol. The molecule has 1 atom stereocenters. The Labute approximate surface area is 166 Å². The van der Waals surface area contributed by atoms with Crippen molar-refractivity contribution in [3.63, 3.8) is 0 Å². The van der Waals surface area contributed by atoms with E-state index in [0.717, 1.165) is 11.8 Å². The molecule has 0 aromatic heterocycles. The Balaban J connectivity index is 1.58. The van der Waals surface area contributed by atoms with E-state index in [9.17, 15) is 22.4 Å². The molecule has 1 aromatic rings. The van der Waals surface area contributed by atoms with E-state index in [4.69, 9.17) is 12.2 Å². The van der Waals surface area contributed by atoms with Crippen molar-refractivity contribution in [2.75, 3.05) is 18.1 Å². The summed E-state index contributed by atoms with van der Waals surface area (Å²) in [5.41, 5.74) is 0.290. The Morgan fingerprint density at radius 1 is 1.41 bits per heavy atom. The Hall–Kier alpha value is -1.78. The molecule has 10 heteroatoms. The highest BCUT2D eigenvalue weighted by Crippen LogP contribution is 2.33. The number of rotatable bonds is 5. The second-order valence-electron chi connectivity index (χ2n) is 6.27. The summed E-state index contributed by atoms with van der Waals surface area (Å²) >= 11 is 6.25. The van der Waals surface area contributed by atoms with Crippen molar-refractivity contribution in [2.24, 2.45) is 0 Å². The zero-order valence-corrected chi connectivity index (χ0v) is 16.6. The predicted molar refractivity (Wildman–Crippen MR) is 106 cm³/mol. The second kappa shape index (κ2) is 8.07. The van der Waals surface area contributed by atoms with Crippen LogP contribution in [0.1, 0.15) is 18.4 Å². The van der Waals surface area contributed by atoms with E-state index in [-0.39, 0.29) is 47.9 Å². The Bertz CT molecular complexity index is 930. The van der Waals surface area contributed by atoms with Crippen LogP contribution in [0.25, 0.3) is 6.08 Å². The largest absolute Gasteiger partial charge is 0.352 e. The zero-order valence-electron chi connectivity index (χ0n) is 14.2. The number of amides is 2. The summed E-state index contributed by atoms with van der Waals surface area (Å²) in [4.78, 5) is 26.1. The lowest BCUT2D eigenvalue weighted by atomic mass is 10.2. The molecule has 0 unspecified atom stereocenters. The highest BCUT2D eigenvalue weighted by molar-refractivity contribution is 8.26. The first-order chi connectivity index (χ1) is 12.7. The molecule has 0 radical (unpaired) electrons. The van der Waals surface area contributed by atoms with Crippen LogP contribution in [0, 0.1) is 5.82 Å². The maximum atomic E-state index is 13.8. The zero-order chi connectivity index (χ0) is 19.6. The maximum absolute atomic E-state index is 13.8. The summed E-state index contributed by atoms with van der Waals surface area (Å²) in [6, 6.07) is 5.72. The number of nitrogens with one attached hydrogen (secondary N) is 1. The van der Waals surface area contributed by atoms with Crippen LogP contribution >= 0.6 is 24.0 Å². The van der Waals surface area contributed by atoms with Crippen LogP contribution in [0.4, 0.5) is 4.39 Å². The molecule has 2 aliphatic rings. The highest BCUT2D eigenvalue weighted by Gasteiger charge is 2.33. The molecule has 2 amide bonds. The fraction of sp³-hybridized carbons (Fsp3) is 0.353. The molecule has 2 heterocycles. The highest BCUT2D eigenvalue weighted by atomic mass is 32.2. The lowest BCUT2D eigenvalue weighted by Crippen LogP contribution is -2.38. The van der Waals surface area contributed by atoms with Crippen LogP contribution in [-0.2, 0) is 19.4 Å². The number of benzene rings is 1. The number of hydrogen-bond acceptors (Lipinski definition) is 6. The summed E-state index contributed by atoms with van der Waals surface area (Å²) in [6.07, 6.45) is 1.86. The molecule has 144 valence electrons. The van der Waals surface area contributed by atoms with E-state index in [1.807, 2.05) is 0 Å². The molecule has 27 heavy (non-hydrogen) atoms. The lowest BCUT2D eigenvalue weighted by Gasteiger charge is -2.15.